The maximum atomic E-state index is 11.1. The van der Waals surface area contributed by atoms with Crippen molar-refractivity contribution >= 4 is 5.91 Å². The summed E-state index contributed by atoms with van der Waals surface area (Å²) in [4.78, 5) is 11.1. The van der Waals surface area contributed by atoms with Crippen molar-refractivity contribution in [2.45, 2.75) is 13.5 Å². The van der Waals surface area contributed by atoms with Gasteiger partial charge in [-0.2, -0.15) is 0 Å². The molecule has 0 unspecified atom stereocenters. The lowest BCUT2D eigenvalue weighted by molar-refractivity contribution is -0.671. The van der Waals surface area contributed by atoms with Crippen LogP contribution in [0.25, 0.3) is 0 Å². The molecule has 1 heterocycles. The zero-order valence-corrected chi connectivity index (χ0v) is 7.45. The van der Waals surface area contributed by atoms with Gasteiger partial charge in [0.25, 0.3) is 5.91 Å². The Morgan fingerprint density at radius 1 is 1.67 bits per heavy atom. The van der Waals surface area contributed by atoms with E-state index in [-0.39, 0.29) is 5.91 Å². The number of aromatic nitrogens is 2. The van der Waals surface area contributed by atoms with Crippen LogP contribution >= 0.6 is 0 Å². The van der Waals surface area contributed by atoms with Gasteiger partial charge >= 0.3 is 0 Å². The van der Waals surface area contributed by atoms with E-state index in [9.17, 15) is 4.79 Å². The Labute approximate surface area is 71.8 Å². The summed E-state index contributed by atoms with van der Waals surface area (Å²) in [5.74, 6) is 0.0497. The highest BCUT2D eigenvalue weighted by molar-refractivity contribution is 5.75. The predicted octanol–water partition coefficient (Wildman–Crippen LogP) is -0.551. The van der Waals surface area contributed by atoms with Crippen molar-refractivity contribution in [2.24, 2.45) is 7.05 Å². The van der Waals surface area contributed by atoms with E-state index < -0.39 is 0 Å². The van der Waals surface area contributed by atoms with Gasteiger partial charge in [0.2, 0.25) is 6.33 Å². The van der Waals surface area contributed by atoms with Crippen LogP contribution in [0.2, 0.25) is 0 Å². The Bertz CT molecular complexity index is 267. The van der Waals surface area contributed by atoms with Crippen LogP contribution in [0.15, 0.2) is 18.7 Å². The van der Waals surface area contributed by atoms with Crippen LogP contribution < -0.4 is 9.88 Å². The third kappa shape index (κ3) is 2.38. The number of hydrogen-bond acceptors (Lipinski definition) is 1. The summed E-state index contributed by atoms with van der Waals surface area (Å²) >= 11 is 0. The van der Waals surface area contributed by atoms with E-state index in [1.807, 2.05) is 41.8 Å². The van der Waals surface area contributed by atoms with Crippen LogP contribution in [-0.4, -0.2) is 17.0 Å². The van der Waals surface area contributed by atoms with Gasteiger partial charge in [-0.05, 0) is 6.92 Å². The molecule has 0 aliphatic rings. The minimum Gasteiger partial charge on any atom is -0.353 e. The van der Waals surface area contributed by atoms with Crippen molar-refractivity contribution in [3.05, 3.63) is 18.7 Å². The van der Waals surface area contributed by atoms with Crippen LogP contribution in [0.3, 0.4) is 0 Å². The lowest BCUT2D eigenvalue weighted by Crippen LogP contribution is -2.28. The van der Waals surface area contributed by atoms with E-state index in [0.29, 0.717) is 13.1 Å². The maximum Gasteiger partial charge on any atom is 0.262 e. The average molecular weight is 168 g/mol. The molecule has 1 N–H and O–H groups in total. The molecule has 0 fully saturated rings. The first-order valence-corrected chi connectivity index (χ1v) is 4.00. The highest BCUT2D eigenvalue weighted by Crippen LogP contribution is 1.82. The number of rotatable bonds is 3. The molecule has 1 amide bonds. The molecule has 0 atom stereocenters. The molecule has 0 bridgehead atoms. The quantitative estimate of drug-likeness (QED) is 0.604. The van der Waals surface area contributed by atoms with Gasteiger partial charge in [0, 0.05) is 6.54 Å². The fourth-order valence-corrected chi connectivity index (χ4v) is 1.01. The largest absolute Gasteiger partial charge is 0.353 e. The lowest BCUT2D eigenvalue weighted by Gasteiger charge is -1.97. The molecule has 0 radical (unpaired) electrons. The van der Waals surface area contributed by atoms with Crippen molar-refractivity contribution in [1.29, 1.82) is 0 Å². The topological polar surface area (TPSA) is 37.9 Å². The van der Waals surface area contributed by atoms with Crippen LogP contribution in [-0.2, 0) is 18.4 Å². The molecule has 1 rings (SSSR count). The van der Waals surface area contributed by atoms with Gasteiger partial charge in [-0.1, -0.05) is 0 Å². The molecule has 0 saturated carbocycles. The molecule has 66 valence electrons. The first-order chi connectivity index (χ1) is 5.72. The molecule has 0 aliphatic carbocycles. The fraction of sp³-hybridized carbons (Fsp3) is 0.500. The maximum absolute atomic E-state index is 11.1. The summed E-state index contributed by atoms with van der Waals surface area (Å²) in [5.41, 5.74) is 0. The molecule has 1 aromatic heterocycles. The number of hydrogen-bond donors (Lipinski definition) is 1. The zero-order valence-electron chi connectivity index (χ0n) is 7.45. The van der Waals surface area contributed by atoms with Crippen molar-refractivity contribution in [1.82, 2.24) is 9.88 Å². The second kappa shape index (κ2) is 3.90. The third-order valence-corrected chi connectivity index (χ3v) is 1.52. The van der Waals surface area contributed by atoms with Gasteiger partial charge in [-0.15, -0.1) is 0 Å². The van der Waals surface area contributed by atoms with Crippen molar-refractivity contribution < 1.29 is 9.36 Å². The number of amides is 1. The lowest BCUT2D eigenvalue weighted by atomic mass is 10.5. The highest BCUT2D eigenvalue weighted by atomic mass is 16.1. The zero-order chi connectivity index (χ0) is 8.97. The SMILES string of the molecule is CCNC(=O)Cn1cc[n+](C)c1. The first-order valence-electron chi connectivity index (χ1n) is 4.00. The molecule has 4 heteroatoms. The molecule has 0 aliphatic heterocycles. The Morgan fingerprint density at radius 2 is 2.42 bits per heavy atom. The summed E-state index contributed by atoms with van der Waals surface area (Å²) in [6.07, 6.45) is 5.64. The minimum absolute atomic E-state index is 0.0497. The monoisotopic (exact) mass is 168 g/mol. The Hall–Kier alpha value is -1.32. The Morgan fingerprint density at radius 3 is 2.92 bits per heavy atom. The second-order valence-electron chi connectivity index (χ2n) is 2.70. The molecule has 0 spiro atoms. The van der Waals surface area contributed by atoms with Crippen LogP contribution in [0.5, 0.6) is 0 Å². The summed E-state index contributed by atoms with van der Waals surface area (Å²) < 4.78 is 3.74. The normalized spacial score (nSPS) is 9.83. The number of carbonyl (C=O) groups is 1. The van der Waals surface area contributed by atoms with Gasteiger partial charge < -0.3 is 5.32 Å². The minimum atomic E-state index is 0.0497. The predicted molar refractivity (Wildman–Crippen MR) is 44.3 cm³/mol. The Balaban J connectivity index is 2.46. The molecule has 12 heavy (non-hydrogen) atoms. The van der Waals surface area contributed by atoms with Gasteiger partial charge in [-0.3, -0.25) is 4.79 Å². The van der Waals surface area contributed by atoms with Crippen LogP contribution in [0, 0.1) is 0 Å². The standard InChI is InChI=1S/C8H13N3O/c1-3-9-8(12)6-11-5-4-10(2)7-11/h4-5,7H,3,6H2,1-2H3/p+1. The number of aryl methyl sites for hydroxylation is 1. The molecule has 4 nitrogen and oxygen atoms in total. The number of imidazole rings is 1. The van der Waals surface area contributed by atoms with E-state index in [0.717, 1.165) is 0 Å². The summed E-state index contributed by atoms with van der Waals surface area (Å²) in [6, 6.07) is 0. The Kier molecular flexibility index (Phi) is 2.85. The fourth-order valence-electron chi connectivity index (χ4n) is 1.01. The van der Waals surface area contributed by atoms with Gasteiger partial charge in [0.15, 0.2) is 6.54 Å². The average Bonchev–Trinajstić information content (AvgIpc) is 2.36. The number of carbonyl (C=O) groups excluding carboxylic acids is 1. The molecule has 1 aromatic rings. The number of nitrogens with zero attached hydrogens (tertiary/aromatic N) is 2. The van der Waals surface area contributed by atoms with Crippen LogP contribution in [0.1, 0.15) is 6.92 Å². The summed E-state index contributed by atoms with van der Waals surface area (Å²) in [5, 5.41) is 2.73. The summed E-state index contributed by atoms with van der Waals surface area (Å²) in [6.45, 7) is 2.99. The smallest absolute Gasteiger partial charge is 0.262 e. The van der Waals surface area contributed by atoms with Gasteiger partial charge in [-0.25, -0.2) is 9.13 Å². The molecular weight excluding hydrogens is 154 g/mol. The van der Waals surface area contributed by atoms with E-state index >= 15 is 0 Å². The highest BCUT2D eigenvalue weighted by Gasteiger charge is 2.05. The van der Waals surface area contributed by atoms with Gasteiger partial charge in [0.1, 0.15) is 12.4 Å². The first kappa shape index (κ1) is 8.77. The van der Waals surface area contributed by atoms with Crippen LogP contribution in [0.4, 0.5) is 0 Å². The van der Waals surface area contributed by atoms with Crippen molar-refractivity contribution in [2.75, 3.05) is 6.54 Å². The third-order valence-electron chi connectivity index (χ3n) is 1.52. The van der Waals surface area contributed by atoms with Crippen molar-refractivity contribution in [3.63, 3.8) is 0 Å². The van der Waals surface area contributed by atoms with Gasteiger partial charge in [0.05, 0.1) is 7.05 Å². The molecule has 0 saturated heterocycles. The summed E-state index contributed by atoms with van der Waals surface area (Å²) in [7, 11) is 1.92. The number of likely N-dealkylation sites (N-methyl/N-ethyl adjacent to an activating group) is 1. The van der Waals surface area contributed by atoms with E-state index in [1.54, 1.807) is 0 Å². The van der Waals surface area contributed by atoms with E-state index in [1.165, 1.54) is 0 Å². The molecular formula is C8H14N3O+. The number of nitrogens with one attached hydrogen (secondary N) is 1. The second-order valence-corrected chi connectivity index (χ2v) is 2.70. The van der Waals surface area contributed by atoms with E-state index in [2.05, 4.69) is 5.32 Å². The van der Waals surface area contributed by atoms with Crippen molar-refractivity contribution in [3.8, 4) is 0 Å². The van der Waals surface area contributed by atoms with E-state index in [4.69, 9.17) is 0 Å². The molecule has 0 aromatic carbocycles.